The molecule has 1 saturated heterocycles. The molecule has 0 aromatic heterocycles. The van der Waals surface area contributed by atoms with E-state index in [2.05, 4.69) is 49.9 Å². The van der Waals surface area contributed by atoms with Gasteiger partial charge in [-0.2, -0.15) is 0 Å². The minimum Gasteiger partial charge on any atom is -0.376 e. The number of nitrogens with two attached hydrogens (primary N) is 1. The molecule has 0 bridgehead atoms. The molecule has 100 valence electrons. The first-order chi connectivity index (χ1) is 8.58. The van der Waals surface area contributed by atoms with Crippen molar-refractivity contribution in [3.8, 4) is 0 Å². The number of benzene rings is 1. The van der Waals surface area contributed by atoms with E-state index in [0.29, 0.717) is 6.10 Å². The molecule has 1 aliphatic rings. The molecule has 18 heavy (non-hydrogen) atoms. The molecule has 2 rings (SSSR count). The van der Waals surface area contributed by atoms with E-state index in [9.17, 15) is 0 Å². The second-order valence-corrected chi connectivity index (χ2v) is 5.39. The van der Waals surface area contributed by atoms with Gasteiger partial charge in [-0.05, 0) is 26.3 Å². The van der Waals surface area contributed by atoms with Crippen LogP contribution in [-0.4, -0.2) is 36.7 Å². The third-order valence-corrected chi connectivity index (χ3v) is 3.58. The van der Waals surface area contributed by atoms with Crippen LogP contribution in [-0.2, 0) is 4.74 Å². The molecule has 0 saturated carbocycles. The van der Waals surface area contributed by atoms with E-state index in [1.165, 1.54) is 11.1 Å². The van der Waals surface area contributed by atoms with Crippen molar-refractivity contribution in [2.75, 3.05) is 19.7 Å². The highest BCUT2D eigenvalue weighted by Gasteiger charge is 2.27. The van der Waals surface area contributed by atoms with Gasteiger partial charge in [0.25, 0.3) is 0 Å². The Morgan fingerprint density at radius 2 is 2.00 bits per heavy atom. The molecule has 0 amide bonds. The molecule has 0 aliphatic carbocycles. The van der Waals surface area contributed by atoms with E-state index in [0.717, 1.165) is 19.7 Å². The summed E-state index contributed by atoms with van der Waals surface area (Å²) in [6.45, 7) is 9.05. The van der Waals surface area contributed by atoms with Crippen LogP contribution in [0.5, 0.6) is 0 Å². The van der Waals surface area contributed by atoms with Gasteiger partial charge in [-0.15, -0.1) is 0 Å². The average Bonchev–Trinajstić information content (AvgIpc) is 2.32. The molecule has 1 fully saturated rings. The van der Waals surface area contributed by atoms with Gasteiger partial charge in [-0.3, -0.25) is 4.90 Å². The summed E-state index contributed by atoms with van der Waals surface area (Å²) in [5.41, 5.74) is 8.80. The highest BCUT2D eigenvalue weighted by atomic mass is 16.5. The van der Waals surface area contributed by atoms with Gasteiger partial charge in [0.1, 0.15) is 0 Å². The summed E-state index contributed by atoms with van der Waals surface area (Å²) in [5, 5.41) is 0. The topological polar surface area (TPSA) is 38.5 Å². The molecule has 1 heterocycles. The number of nitrogens with zero attached hydrogens (tertiary/aromatic N) is 1. The Labute approximate surface area is 110 Å². The van der Waals surface area contributed by atoms with Crippen molar-refractivity contribution in [3.05, 3.63) is 35.4 Å². The SMILES string of the molecule is Cc1ccc(C(C(C)N)N2CCOC(C)C2)cc1. The third kappa shape index (κ3) is 3.10. The van der Waals surface area contributed by atoms with Gasteiger partial charge in [0.15, 0.2) is 0 Å². The molecule has 0 spiro atoms. The zero-order chi connectivity index (χ0) is 13.1. The van der Waals surface area contributed by atoms with Crippen LogP contribution >= 0.6 is 0 Å². The van der Waals surface area contributed by atoms with E-state index >= 15 is 0 Å². The lowest BCUT2D eigenvalue weighted by molar-refractivity contribution is -0.0376. The Bertz CT molecular complexity index is 375. The van der Waals surface area contributed by atoms with Gasteiger partial charge < -0.3 is 10.5 Å². The minimum atomic E-state index is 0.123. The van der Waals surface area contributed by atoms with Crippen LogP contribution in [0.4, 0.5) is 0 Å². The highest BCUT2D eigenvalue weighted by Crippen LogP contribution is 2.25. The smallest absolute Gasteiger partial charge is 0.0674 e. The van der Waals surface area contributed by atoms with Gasteiger partial charge in [-0.25, -0.2) is 0 Å². The number of aryl methyl sites for hydroxylation is 1. The Kier molecular flexibility index (Phi) is 4.38. The zero-order valence-corrected chi connectivity index (χ0v) is 11.6. The van der Waals surface area contributed by atoms with Gasteiger partial charge in [0.2, 0.25) is 0 Å². The van der Waals surface area contributed by atoms with E-state index < -0.39 is 0 Å². The van der Waals surface area contributed by atoms with E-state index in [1.54, 1.807) is 0 Å². The molecule has 2 N–H and O–H groups in total. The number of hydrogen-bond acceptors (Lipinski definition) is 3. The van der Waals surface area contributed by atoms with Crippen molar-refractivity contribution in [1.29, 1.82) is 0 Å². The summed E-state index contributed by atoms with van der Waals surface area (Å²) in [5.74, 6) is 0. The summed E-state index contributed by atoms with van der Waals surface area (Å²) in [6.07, 6.45) is 0.297. The van der Waals surface area contributed by atoms with Crippen molar-refractivity contribution in [1.82, 2.24) is 4.90 Å². The fourth-order valence-corrected chi connectivity index (χ4v) is 2.71. The Balaban J connectivity index is 2.19. The second-order valence-electron chi connectivity index (χ2n) is 5.39. The number of hydrogen-bond donors (Lipinski definition) is 1. The molecule has 0 radical (unpaired) electrons. The van der Waals surface area contributed by atoms with E-state index in [4.69, 9.17) is 10.5 Å². The predicted octanol–water partition coefficient (Wildman–Crippen LogP) is 2.10. The van der Waals surface area contributed by atoms with Crippen LogP contribution in [0.1, 0.15) is 31.0 Å². The minimum absolute atomic E-state index is 0.123. The molecular weight excluding hydrogens is 224 g/mol. The molecule has 3 unspecified atom stereocenters. The van der Waals surface area contributed by atoms with Crippen LogP contribution < -0.4 is 5.73 Å². The van der Waals surface area contributed by atoms with Crippen molar-refractivity contribution >= 4 is 0 Å². The lowest BCUT2D eigenvalue weighted by atomic mass is 9.97. The quantitative estimate of drug-likeness (QED) is 0.890. The van der Waals surface area contributed by atoms with Crippen molar-refractivity contribution in [3.63, 3.8) is 0 Å². The predicted molar refractivity (Wildman–Crippen MR) is 74.6 cm³/mol. The molecule has 3 heteroatoms. The monoisotopic (exact) mass is 248 g/mol. The lowest BCUT2D eigenvalue weighted by Crippen LogP contribution is -2.47. The first-order valence-corrected chi connectivity index (χ1v) is 6.75. The van der Waals surface area contributed by atoms with Gasteiger partial charge >= 0.3 is 0 Å². The summed E-state index contributed by atoms with van der Waals surface area (Å²) in [4.78, 5) is 2.45. The largest absolute Gasteiger partial charge is 0.376 e. The standard InChI is InChI=1S/C15H24N2O/c1-11-4-6-14(7-5-11)15(13(3)16)17-8-9-18-12(2)10-17/h4-7,12-13,15H,8-10,16H2,1-3H3. The molecule has 3 nitrogen and oxygen atoms in total. The fourth-order valence-electron chi connectivity index (χ4n) is 2.71. The number of rotatable bonds is 3. The van der Waals surface area contributed by atoms with Crippen molar-refractivity contribution in [2.45, 2.75) is 39.0 Å². The number of ether oxygens (including phenoxy) is 1. The maximum absolute atomic E-state index is 6.20. The summed E-state index contributed by atoms with van der Waals surface area (Å²) < 4.78 is 5.61. The van der Waals surface area contributed by atoms with Gasteiger partial charge in [0.05, 0.1) is 12.7 Å². The van der Waals surface area contributed by atoms with Crippen LogP contribution in [0, 0.1) is 6.92 Å². The van der Waals surface area contributed by atoms with Crippen LogP contribution in [0.3, 0.4) is 0 Å². The maximum Gasteiger partial charge on any atom is 0.0674 e. The van der Waals surface area contributed by atoms with Crippen LogP contribution in [0.2, 0.25) is 0 Å². The molecule has 1 aliphatic heterocycles. The van der Waals surface area contributed by atoms with Crippen LogP contribution in [0.15, 0.2) is 24.3 Å². The maximum atomic E-state index is 6.20. The summed E-state index contributed by atoms with van der Waals surface area (Å²) in [7, 11) is 0. The first-order valence-electron chi connectivity index (χ1n) is 6.75. The van der Waals surface area contributed by atoms with Crippen molar-refractivity contribution < 1.29 is 4.74 Å². The Hall–Kier alpha value is -0.900. The molecule has 1 aromatic carbocycles. The van der Waals surface area contributed by atoms with E-state index in [1.807, 2.05) is 0 Å². The zero-order valence-electron chi connectivity index (χ0n) is 11.6. The molecule has 3 atom stereocenters. The number of morpholine rings is 1. The molecule has 1 aromatic rings. The summed E-state index contributed by atoms with van der Waals surface area (Å²) >= 11 is 0. The van der Waals surface area contributed by atoms with Crippen LogP contribution in [0.25, 0.3) is 0 Å². The normalized spacial score (nSPS) is 24.8. The Morgan fingerprint density at radius 1 is 1.33 bits per heavy atom. The van der Waals surface area contributed by atoms with Crippen molar-refractivity contribution in [2.24, 2.45) is 5.73 Å². The third-order valence-electron chi connectivity index (χ3n) is 3.58. The first kappa shape index (κ1) is 13.5. The molecular formula is C15H24N2O. The van der Waals surface area contributed by atoms with Gasteiger partial charge in [0, 0.05) is 25.2 Å². The summed E-state index contributed by atoms with van der Waals surface area (Å²) in [6, 6.07) is 9.13. The van der Waals surface area contributed by atoms with Gasteiger partial charge in [-0.1, -0.05) is 29.8 Å². The second kappa shape index (κ2) is 5.83. The fraction of sp³-hybridized carbons (Fsp3) is 0.600. The van der Waals surface area contributed by atoms with E-state index in [-0.39, 0.29) is 12.1 Å². The average molecular weight is 248 g/mol. The lowest BCUT2D eigenvalue weighted by Gasteiger charge is -2.39. The highest BCUT2D eigenvalue weighted by molar-refractivity contribution is 5.25. The Morgan fingerprint density at radius 3 is 2.56 bits per heavy atom.